The van der Waals surface area contributed by atoms with Crippen LogP contribution in [0.15, 0.2) is 35.5 Å². The van der Waals surface area contributed by atoms with Gasteiger partial charge in [-0.25, -0.2) is 0 Å². The van der Waals surface area contributed by atoms with Crippen molar-refractivity contribution in [1.82, 2.24) is 4.57 Å². The van der Waals surface area contributed by atoms with Crippen LogP contribution in [0, 0.1) is 0 Å². The Labute approximate surface area is 143 Å². The molecule has 24 heavy (non-hydrogen) atoms. The first kappa shape index (κ1) is 15.3. The molecule has 4 heteroatoms. The molecule has 0 spiro atoms. The number of aryl methyl sites for hydroxylation is 1. The molecule has 0 bridgehead atoms. The maximum absolute atomic E-state index is 5.56. The number of ether oxygens (including phenoxy) is 2. The Bertz CT molecular complexity index is 791. The first-order chi connectivity index (χ1) is 11.7. The molecule has 1 aromatic heterocycles. The number of hydrogen-bond donors (Lipinski definition) is 0. The van der Waals surface area contributed by atoms with Crippen LogP contribution in [-0.4, -0.2) is 30.5 Å². The van der Waals surface area contributed by atoms with E-state index >= 15 is 0 Å². The quantitative estimate of drug-likeness (QED) is 0.858. The van der Waals surface area contributed by atoms with Crippen molar-refractivity contribution in [3.05, 3.63) is 47.3 Å². The van der Waals surface area contributed by atoms with E-state index in [0.29, 0.717) is 12.0 Å². The molecule has 0 saturated heterocycles. The highest BCUT2D eigenvalue weighted by atomic mass is 16.5. The molecule has 4 nitrogen and oxygen atoms in total. The van der Waals surface area contributed by atoms with Crippen LogP contribution in [-0.2, 0) is 7.05 Å². The second-order valence-corrected chi connectivity index (χ2v) is 6.73. The largest absolute Gasteiger partial charge is 0.493 e. The molecule has 0 amide bonds. The van der Waals surface area contributed by atoms with Gasteiger partial charge in [0.2, 0.25) is 0 Å². The Balaban J connectivity index is 1.93. The lowest BCUT2D eigenvalue weighted by atomic mass is 9.75. The molecule has 2 heterocycles. The molecule has 126 valence electrons. The van der Waals surface area contributed by atoms with E-state index in [2.05, 4.69) is 42.1 Å². The minimum atomic E-state index is 0.384. The summed E-state index contributed by atoms with van der Waals surface area (Å²) in [5, 5.41) is 0. The van der Waals surface area contributed by atoms with Gasteiger partial charge in [0.05, 0.1) is 31.7 Å². The zero-order chi connectivity index (χ0) is 16.7. The van der Waals surface area contributed by atoms with Gasteiger partial charge in [-0.3, -0.25) is 4.99 Å². The third kappa shape index (κ3) is 2.32. The number of methoxy groups -OCH3 is 2. The average molecular weight is 324 g/mol. The minimum absolute atomic E-state index is 0.384. The SMILES string of the molecule is COc1cc2c(cc1OC)[C@H]1CCCC[C@H]1N=C2c1cccn1C. The van der Waals surface area contributed by atoms with Crippen LogP contribution >= 0.6 is 0 Å². The first-order valence-corrected chi connectivity index (χ1v) is 8.68. The number of fused-ring (bicyclic) bond motifs is 3. The summed E-state index contributed by atoms with van der Waals surface area (Å²) in [5.41, 5.74) is 4.80. The molecule has 2 aliphatic rings. The highest BCUT2D eigenvalue weighted by molar-refractivity contribution is 6.14. The number of aliphatic imine (C=N–C) groups is 1. The van der Waals surface area contributed by atoms with Gasteiger partial charge >= 0.3 is 0 Å². The number of hydrogen-bond acceptors (Lipinski definition) is 3. The van der Waals surface area contributed by atoms with Crippen LogP contribution < -0.4 is 9.47 Å². The van der Waals surface area contributed by atoms with Crippen molar-refractivity contribution < 1.29 is 9.47 Å². The van der Waals surface area contributed by atoms with Crippen LogP contribution in [0.5, 0.6) is 11.5 Å². The molecular weight excluding hydrogens is 300 g/mol. The summed E-state index contributed by atoms with van der Waals surface area (Å²) in [6.45, 7) is 0. The van der Waals surface area contributed by atoms with Gasteiger partial charge in [-0.2, -0.15) is 0 Å². The second-order valence-electron chi connectivity index (χ2n) is 6.73. The fraction of sp³-hybridized carbons (Fsp3) is 0.450. The third-order valence-electron chi connectivity index (χ3n) is 5.42. The fourth-order valence-corrected chi connectivity index (χ4v) is 4.18. The fourth-order valence-electron chi connectivity index (χ4n) is 4.18. The van der Waals surface area contributed by atoms with Crippen molar-refractivity contribution in [2.75, 3.05) is 14.2 Å². The predicted molar refractivity (Wildman–Crippen MR) is 95.6 cm³/mol. The van der Waals surface area contributed by atoms with Crippen LogP contribution in [0.4, 0.5) is 0 Å². The van der Waals surface area contributed by atoms with Gasteiger partial charge in [-0.15, -0.1) is 0 Å². The van der Waals surface area contributed by atoms with Crippen molar-refractivity contribution in [2.45, 2.75) is 37.6 Å². The van der Waals surface area contributed by atoms with Crippen LogP contribution in [0.25, 0.3) is 0 Å². The zero-order valence-electron chi connectivity index (χ0n) is 14.6. The standard InChI is InChI=1S/C20H24N2O2/c1-22-10-6-9-17(22)20-15-12-19(24-3)18(23-2)11-14(15)13-7-4-5-8-16(13)21-20/h6,9-13,16H,4-5,7-8H2,1-3H3/t13-,16-/m1/s1. The van der Waals surface area contributed by atoms with Crippen molar-refractivity contribution in [1.29, 1.82) is 0 Å². The molecule has 4 rings (SSSR count). The van der Waals surface area contributed by atoms with E-state index < -0.39 is 0 Å². The van der Waals surface area contributed by atoms with Gasteiger partial charge in [0, 0.05) is 24.7 Å². The summed E-state index contributed by atoms with van der Waals surface area (Å²) >= 11 is 0. The van der Waals surface area contributed by atoms with E-state index in [1.54, 1.807) is 14.2 Å². The normalized spacial score (nSPS) is 22.4. The number of benzene rings is 1. The van der Waals surface area contributed by atoms with E-state index in [-0.39, 0.29) is 0 Å². The Morgan fingerprint density at radius 3 is 2.54 bits per heavy atom. The van der Waals surface area contributed by atoms with E-state index in [0.717, 1.165) is 22.9 Å². The topological polar surface area (TPSA) is 35.8 Å². The molecule has 1 aromatic carbocycles. The molecule has 0 radical (unpaired) electrons. The molecule has 0 N–H and O–H groups in total. The van der Waals surface area contributed by atoms with E-state index in [1.165, 1.54) is 36.8 Å². The van der Waals surface area contributed by atoms with Crippen molar-refractivity contribution in [3.63, 3.8) is 0 Å². The maximum Gasteiger partial charge on any atom is 0.161 e. The molecule has 1 aliphatic carbocycles. The first-order valence-electron chi connectivity index (χ1n) is 8.68. The lowest BCUT2D eigenvalue weighted by Crippen LogP contribution is -2.30. The predicted octanol–water partition coefficient (Wildman–Crippen LogP) is 3.92. The minimum Gasteiger partial charge on any atom is -0.493 e. The molecule has 2 aromatic rings. The van der Waals surface area contributed by atoms with Crippen LogP contribution in [0.2, 0.25) is 0 Å². The summed E-state index contributed by atoms with van der Waals surface area (Å²) in [7, 11) is 5.47. The Morgan fingerprint density at radius 2 is 1.83 bits per heavy atom. The number of rotatable bonds is 3. The third-order valence-corrected chi connectivity index (χ3v) is 5.42. The summed E-state index contributed by atoms with van der Waals surface area (Å²) in [6, 6.07) is 8.88. The van der Waals surface area contributed by atoms with Crippen LogP contribution in [0.1, 0.15) is 48.4 Å². The van der Waals surface area contributed by atoms with Gasteiger partial charge in [-0.1, -0.05) is 12.8 Å². The average Bonchev–Trinajstić information content (AvgIpc) is 3.05. The number of nitrogens with zero attached hydrogens (tertiary/aromatic N) is 2. The van der Waals surface area contributed by atoms with E-state index in [4.69, 9.17) is 14.5 Å². The highest BCUT2D eigenvalue weighted by Gasteiger charge is 2.35. The van der Waals surface area contributed by atoms with Crippen molar-refractivity contribution in [3.8, 4) is 11.5 Å². The van der Waals surface area contributed by atoms with Gasteiger partial charge in [0.1, 0.15) is 0 Å². The van der Waals surface area contributed by atoms with Gasteiger partial charge in [-0.05, 0) is 42.7 Å². The van der Waals surface area contributed by atoms with Gasteiger partial charge < -0.3 is 14.0 Å². The van der Waals surface area contributed by atoms with E-state index in [9.17, 15) is 0 Å². The summed E-state index contributed by atoms with van der Waals surface area (Å²) in [4.78, 5) is 5.18. The lowest BCUT2D eigenvalue weighted by molar-refractivity contribution is 0.349. The monoisotopic (exact) mass is 324 g/mol. The van der Waals surface area contributed by atoms with Gasteiger partial charge in [0.15, 0.2) is 11.5 Å². The maximum atomic E-state index is 5.56. The van der Waals surface area contributed by atoms with Crippen LogP contribution in [0.3, 0.4) is 0 Å². The Hall–Kier alpha value is -2.23. The summed E-state index contributed by atoms with van der Waals surface area (Å²) < 4.78 is 13.3. The smallest absolute Gasteiger partial charge is 0.161 e. The molecule has 0 unspecified atom stereocenters. The lowest BCUT2D eigenvalue weighted by Gasteiger charge is -2.35. The summed E-state index contributed by atoms with van der Waals surface area (Å²) in [6.07, 6.45) is 7.01. The van der Waals surface area contributed by atoms with E-state index in [1.807, 2.05) is 0 Å². The van der Waals surface area contributed by atoms with Crippen molar-refractivity contribution >= 4 is 5.71 Å². The number of aromatic nitrogens is 1. The molecule has 1 aliphatic heterocycles. The summed E-state index contributed by atoms with van der Waals surface area (Å²) in [5.74, 6) is 2.08. The Morgan fingerprint density at radius 1 is 1.08 bits per heavy atom. The highest BCUT2D eigenvalue weighted by Crippen LogP contribution is 2.44. The van der Waals surface area contributed by atoms with Gasteiger partial charge in [0.25, 0.3) is 0 Å². The zero-order valence-corrected chi connectivity index (χ0v) is 14.6. The second kappa shape index (κ2) is 6.00. The molecule has 1 saturated carbocycles. The Kier molecular flexibility index (Phi) is 3.83. The molecule has 1 fully saturated rings. The van der Waals surface area contributed by atoms with Crippen molar-refractivity contribution in [2.24, 2.45) is 12.0 Å². The molecule has 2 atom stereocenters. The molecular formula is C20H24N2O2.